The zero-order chi connectivity index (χ0) is 17.2. The van der Waals surface area contributed by atoms with Crippen LogP contribution in [0.25, 0.3) is 5.82 Å². The average Bonchev–Trinajstić information content (AvgIpc) is 3.12. The van der Waals surface area contributed by atoms with Gasteiger partial charge < -0.3 is 10.6 Å². The quantitative estimate of drug-likeness (QED) is 0.444. The van der Waals surface area contributed by atoms with E-state index in [1.807, 2.05) is 24.4 Å². The molecule has 2 aromatic rings. The third-order valence-corrected chi connectivity index (χ3v) is 3.73. The normalized spacial score (nSPS) is 11.8. The van der Waals surface area contributed by atoms with Gasteiger partial charge in [-0.15, -0.1) is 0 Å². The van der Waals surface area contributed by atoms with Crippen molar-refractivity contribution in [2.75, 3.05) is 13.6 Å². The van der Waals surface area contributed by atoms with Gasteiger partial charge >= 0.3 is 0 Å². The van der Waals surface area contributed by atoms with Crippen molar-refractivity contribution in [2.24, 2.45) is 10.9 Å². The summed E-state index contributed by atoms with van der Waals surface area (Å²) < 4.78 is 1.76. The van der Waals surface area contributed by atoms with Gasteiger partial charge in [-0.25, -0.2) is 9.67 Å². The monoisotopic (exact) mass is 328 g/mol. The van der Waals surface area contributed by atoms with Crippen molar-refractivity contribution >= 4 is 5.96 Å². The summed E-state index contributed by atoms with van der Waals surface area (Å²) in [6, 6.07) is 5.91. The Hall–Kier alpha value is -2.37. The summed E-state index contributed by atoms with van der Waals surface area (Å²) >= 11 is 0. The Bertz CT molecular complexity index is 618. The van der Waals surface area contributed by atoms with Gasteiger partial charge in [0.25, 0.3) is 0 Å². The summed E-state index contributed by atoms with van der Waals surface area (Å²) in [5.74, 6) is 2.42. The fraction of sp³-hybridized carbons (Fsp3) is 0.500. The number of rotatable bonds is 8. The number of nitrogens with zero attached hydrogens (tertiary/aromatic N) is 4. The third kappa shape index (κ3) is 6.02. The second-order valence-electron chi connectivity index (χ2n) is 6.22. The zero-order valence-corrected chi connectivity index (χ0v) is 14.9. The maximum absolute atomic E-state index is 4.34. The molecule has 0 aromatic carbocycles. The molecule has 130 valence electrons. The van der Waals surface area contributed by atoms with Crippen molar-refractivity contribution in [1.82, 2.24) is 25.4 Å². The molecule has 0 spiro atoms. The molecule has 0 saturated heterocycles. The largest absolute Gasteiger partial charge is 0.356 e. The molecule has 6 nitrogen and oxygen atoms in total. The summed E-state index contributed by atoms with van der Waals surface area (Å²) in [6.07, 6.45) is 9.13. The molecule has 0 aliphatic heterocycles. The van der Waals surface area contributed by atoms with Crippen molar-refractivity contribution in [1.29, 1.82) is 0 Å². The Morgan fingerprint density at radius 3 is 2.83 bits per heavy atom. The van der Waals surface area contributed by atoms with Crippen LogP contribution >= 0.6 is 0 Å². The average molecular weight is 328 g/mol. The lowest BCUT2D eigenvalue weighted by Gasteiger charge is -2.12. The van der Waals surface area contributed by atoms with E-state index >= 15 is 0 Å². The van der Waals surface area contributed by atoms with Gasteiger partial charge in [-0.3, -0.25) is 4.99 Å². The molecule has 24 heavy (non-hydrogen) atoms. The minimum Gasteiger partial charge on any atom is -0.356 e. The number of guanidine groups is 1. The summed E-state index contributed by atoms with van der Waals surface area (Å²) in [6.45, 7) is 6.17. The molecule has 2 N–H and O–H groups in total. The van der Waals surface area contributed by atoms with Crippen LogP contribution in [0.4, 0.5) is 0 Å². The first-order valence-corrected chi connectivity index (χ1v) is 8.58. The topological polar surface area (TPSA) is 67.1 Å². The molecule has 0 bridgehead atoms. The number of unbranched alkanes of at least 4 members (excludes halogenated alkanes) is 1. The fourth-order valence-electron chi connectivity index (χ4n) is 2.39. The molecule has 6 heteroatoms. The standard InChI is InChI=1S/C18H28N6/c1-15(2)7-4-5-9-21-18(19-3)22-14-16-8-11-20-17(13-16)24-12-6-10-23-24/h6,8,10-13,15H,4-5,7,9,14H2,1-3H3,(H2,19,21,22). The first kappa shape index (κ1) is 18.0. The van der Waals surface area contributed by atoms with E-state index in [-0.39, 0.29) is 0 Å². The van der Waals surface area contributed by atoms with E-state index in [0.717, 1.165) is 36.2 Å². The van der Waals surface area contributed by atoms with Gasteiger partial charge in [0.2, 0.25) is 0 Å². The van der Waals surface area contributed by atoms with Crippen LogP contribution in [0.15, 0.2) is 41.8 Å². The van der Waals surface area contributed by atoms with Gasteiger partial charge in [0, 0.05) is 38.7 Å². The molecule has 0 atom stereocenters. The highest BCUT2D eigenvalue weighted by atomic mass is 15.3. The van der Waals surface area contributed by atoms with Crippen LogP contribution < -0.4 is 10.6 Å². The minimum atomic E-state index is 0.697. The lowest BCUT2D eigenvalue weighted by molar-refractivity contribution is 0.534. The summed E-state index contributed by atoms with van der Waals surface area (Å²) in [7, 11) is 1.80. The molecule has 0 amide bonds. The lowest BCUT2D eigenvalue weighted by atomic mass is 10.1. The van der Waals surface area contributed by atoms with Gasteiger partial charge in [0.05, 0.1) is 0 Å². The Morgan fingerprint density at radius 1 is 1.25 bits per heavy atom. The number of aromatic nitrogens is 3. The molecule has 0 aliphatic carbocycles. The smallest absolute Gasteiger partial charge is 0.191 e. The maximum Gasteiger partial charge on any atom is 0.191 e. The highest BCUT2D eigenvalue weighted by Crippen LogP contribution is 2.06. The van der Waals surface area contributed by atoms with E-state index in [4.69, 9.17) is 0 Å². The fourth-order valence-corrected chi connectivity index (χ4v) is 2.39. The second kappa shape index (κ2) is 9.70. The van der Waals surface area contributed by atoms with Gasteiger partial charge in [-0.05, 0) is 36.1 Å². The van der Waals surface area contributed by atoms with E-state index in [1.54, 1.807) is 24.1 Å². The molecule has 0 radical (unpaired) electrons. The molecular formula is C18H28N6. The van der Waals surface area contributed by atoms with Gasteiger partial charge in [-0.2, -0.15) is 5.10 Å². The number of hydrogen-bond acceptors (Lipinski definition) is 3. The van der Waals surface area contributed by atoms with Crippen molar-refractivity contribution in [3.63, 3.8) is 0 Å². The zero-order valence-electron chi connectivity index (χ0n) is 14.9. The second-order valence-corrected chi connectivity index (χ2v) is 6.22. The number of aliphatic imine (C=N–C) groups is 1. The Kier molecular flexibility index (Phi) is 7.26. The molecule has 0 saturated carbocycles. The molecule has 0 fully saturated rings. The molecular weight excluding hydrogens is 300 g/mol. The third-order valence-electron chi connectivity index (χ3n) is 3.73. The molecule has 2 rings (SSSR count). The van der Waals surface area contributed by atoms with Crippen LogP contribution in [0.3, 0.4) is 0 Å². The molecule has 0 aliphatic rings. The van der Waals surface area contributed by atoms with E-state index in [1.165, 1.54) is 12.8 Å². The van der Waals surface area contributed by atoms with Crippen molar-refractivity contribution in [2.45, 2.75) is 39.7 Å². The van der Waals surface area contributed by atoms with Crippen LogP contribution in [0.2, 0.25) is 0 Å². The van der Waals surface area contributed by atoms with E-state index in [0.29, 0.717) is 6.54 Å². The van der Waals surface area contributed by atoms with Crippen molar-refractivity contribution in [3.05, 3.63) is 42.4 Å². The Labute approximate surface area is 144 Å². The molecule has 2 aromatic heterocycles. The lowest BCUT2D eigenvalue weighted by Crippen LogP contribution is -2.37. The SMILES string of the molecule is CN=C(NCCCCC(C)C)NCc1ccnc(-n2cccn2)c1. The predicted molar refractivity (Wildman–Crippen MR) is 98.2 cm³/mol. The first-order chi connectivity index (χ1) is 11.7. The Morgan fingerprint density at radius 2 is 2.12 bits per heavy atom. The van der Waals surface area contributed by atoms with Crippen LogP contribution in [-0.2, 0) is 6.54 Å². The van der Waals surface area contributed by atoms with Crippen LogP contribution in [-0.4, -0.2) is 34.3 Å². The minimum absolute atomic E-state index is 0.697. The van der Waals surface area contributed by atoms with Gasteiger partial charge in [0.1, 0.15) is 0 Å². The molecule has 0 unspecified atom stereocenters. The van der Waals surface area contributed by atoms with Crippen molar-refractivity contribution < 1.29 is 0 Å². The van der Waals surface area contributed by atoms with E-state index in [2.05, 4.69) is 39.6 Å². The number of nitrogens with one attached hydrogen (secondary N) is 2. The van der Waals surface area contributed by atoms with Crippen LogP contribution in [0.1, 0.15) is 38.7 Å². The predicted octanol–water partition coefficient (Wildman–Crippen LogP) is 2.76. The van der Waals surface area contributed by atoms with Gasteiger partial charge in [0.15, 0.2) is 11.8 Å². The summed E-state index contributed by atoms with van der Waals surface area (Å²) in [4.78, 5) is 8.61. The highest BCUT2D eigenvalue weighted by molar-refractivity contribution is 5.79. The van der Waals surface area contributed by atoms with E-state index < -0.39 is 0 Å². The van der Waals surface area contributed by atoms with Gasteiger partial charge in [-0.1, -0.05) is 26.7 Å². The summed E-state index contributed by atoms with van der Waals surface area (Å²) in [5.41, 5.74) is 1.14. The maximum atomic E-state index is 4.34. The Balaban J connectivity index is 1.78. The highest BCUT2D eigenvalue weighted by Gasteiger charge is 2.02. The van der Waals surface area contributed by atoms with Crippen LogP contribution in [0, 0.1) is 5.92 Å². The summed E-state index contributed by atoms with van der Waals surface area (Å²) in [5, 5.41) is 10.9. The number of hydrogen-bond donors (Lipinski definition) is 2. The van der Waals surface area contributed by atoms with Crippen LogP contribution in [0.5, 0.6) is 0 Å². The van der Waals surface area contributed by atoms with E-state index in [9.17, 15) is 0 Å². The van der Waals surface area contributed by atoms with Crippen molar-refractivity contribution in [3.8, 4) is 5.82 Å². The number of pyridine rings is 1. The first-order valence-electron chi connectivity index (χ1n) is 8.58. The molecule has 2 heterocycles.